The van der Waals surface area contributed by atoms with Gasteiger partial charge in [0, 0.05) is 13.6 Å². The number of aliphatic carboxylic acids is 1. The van der Waals surface area contributed by atoms with Crippen molar-refractivity contribution in [2.45, 2.75) is 44.8 Å². The van der Waals surface area contributed by atoms with Gasteiger partial charge < -0.3 is 20.4 Å². The summed E-state index contributed by atoms with van der Waals surface area (Å²) in [5, 5.41) is 20.5. The molecule has 1 aliphatic rings. The average molecular weight is 258 g/mol. The van der Waals surface area contributed by atoms with Crippen molar-refractivity contribution in [1.82, 2.24) is 10.2 Å². The molecule has 2 amide bonds. The topological polar surface area (TPSA) is 89.9 Å². The smallest absolute Gasteiger partial charge is 0.328 e. The summed E-state index contributed by atoms with van der Waals surface area (Å²) in [7, 11) is 1.65. The van der Waals surface area contributed by atoms with Gasteiger partial charge in [-0.3, -0.25) is 0 Å². The first kappa shape index (κ1) is 14.8. The molecular weight excluding hydrogens is 236 g/mol. The molecule has 0 spiro atoms. The average Bonchev–Trinajstić information content (AvgIpc) is 2.77. The normalized spacial score (nSPS) is 19.3. The maximum absolute atomic E-state index is 11.8. The van der Waals surface area contributed by atoms with Crippen LogP contribution < -0.4 is 5.32 Å². The Hall–Kier alpha value is -1.30. The van der Waals surface area contributed by atoms with E-state index in [1.165, 1.54) is 24.7 Å². The van der Waals surface area contributed by atoms with E-state index in [0.29, 0.717) is 12.5 Å². The number of carboxylic acid groups (broad SMARTS) is 1. The van der Waals surface area contributed by atoms with Crippen LogP contribution in [0.5, 0.6) is 0 Å². The van der Waals surface area contributed by atoms with Gasteiger partial charge in [-0.2, -0.15) is 0 Å². The quantitative estimate of drug-likeness (QED) is 0.675. The van der Waals surface area contributed by atoms with E-state index in [4.69, 9.17) is 5.11 Å². The van der Waals surface area contributed by atoms with Crippen molar-refractivity contribution in [2.75, 3.05) is 13.6 Å². The van der Waals surface area contributed by atoms with Crippen LogP contribution in [-0.2, 0) is 4.79 Å². The molecule has 3 N–H and O–H groups in total. The number of nitrogens with one attached hydrogen (secondary N) is 1. The number of aliphatic hydroxyl groups excluding tert-OH is 1. The molecule has 104 valence electrons. The van der Waals surface area contributed by atoms with Crippen molar-refractivity contribution in [3.63, 3.8) is 0 Å². The van der Waals surface area contributed by atoms with E-state index in [-0.39, 0.29) is 0 Å². The summed E-state index contributed by atoms with van der Waals surface area (Å²) in [5.74, 6) is -0.719. The number of carboxylic acids is 1. The van der Waals surface area contributed by atoms with E-state index >= 15 is 0 Å². The lowest BCUT2D eigenvalue weighted by Gasteiger charge is -2.24. The molecule has 0 radical (unpaired) electrons. The van der Waals surface area contributed by atoms with Crippen LogP contribution in [-0.4, -0.2) is 52.9 Å². The van der Waals surface area contributed by atoms with Gasteiger partial charge in [0.25, 0.3) is 0 Å². The zero-order valence-corrected chi connectivity index (χ0v) is 10.9. The minimum Gasteiger partial charge on any atom is -0.480 e. The van der Waals surface area contributed by atoms with E-state index in [0.717, 1.165) is 12.8 Å². The number of carbonyl (C=O) groups is 2. The number of nitrogens with zero attached hydrogens (tertiary/aromatic N) is 1. The Morgan fingerprint density at radius 1 is 1.39 bits per heavy atom. The van der Waals surface area contributed by atoms with E-state index in [1.807, 2.05) is 0 Å². The van der Waals surface area contributed by atoms with Crippen LogP contribution >= 0.6 is 0 Å². The molecule has 1 rings (SSSR count). The van der Waals surface area contributed by atoms with Gasteiger partial charge in [0.15, 0.2) is 6.04 Å². The Bertz CT molecular complexity index is 300. The first-order chi connectivity index (χ1) is 8.41. The minimum atomic E-state index is -1.26. The van der Waals surface area contributed by atoms with Gasteiger partial charge in [0.1, 0.15) is 0 Å². The SMILES string of the molecule is C[C@@H](O)[C@H](NC(=O)N(C)CC1CCCC1)C(=O)O. The number of aliphatic hydroxyl groups is 1. The molecule has 1 aliphatic carbocycles. The maximum Gasteiger partial charge on any atom is 0.328 e. The lowest BCUT2D eigenvalue weighted by Crippen LogP contribution is -2.52. The third-order valence-electron chi connectivity index (χ3n) is 3.38. The Balaban J connectivity index is 2.44. The summed E-state index contributed by atoms with van der Waals surface area (Å²) >= 11 is 0. The molecule has 1 fully saturated rings. The Morgan fingerprint density at radius 2 is 1.94 bits per heavy atom. The van der Waals surface area contributed by atoms with Crippen LogP contribution in [0.15, 0.2) is 0 Å². The summed E-state index contributed by atoms with van der Waals surface area (Å²) in [5.41, 5.74) is 0. The summed E-state index contributed by atoms with van der Waals surface area (Å²) in [6.07, 6.45) is 3.52. The van der Waals surface area contributed by atoms with Crippen LogP contribution in [0.3, 0.4) is 0 Å². The monoisotopic (exact) mass is 258 g/mol. The van der Waals surface area contributed by atoms with Crippen molar-refractivity contribution in [3.8, 4) is 0 Å². The van der Waals surface area contributed by atoms with Crippen molar-refractivity contribution in [3.05, 3.63) is 0 Å². The molecule has 1 saturated carbocycles. The summed E-state index contributed by atoms with van der Waals surface area (Å²) in [6.45, 7) is 1.98. The molecule has 0 aromatic rings. The zero-order chi connectivity index (χ0) is 13.7. The number of amides is 2. The predicted molar refractivity (Wildman–Crippen MR) is 66.2 cm³/mol. The highest BCUT2D eigenvalue weighted by Gasteiger charge is 2.27. The Labute approximate surface area is 107 Å². The number of carbonyl (C=O) groups excluding carboxylic acids is 1. The van der Waals surface area contributed by atoms with Crippen molar-refractivity contribution in [2.24, 2.45) is 5.92 Å². The third kappa shape index (κ3) is 4.18. The lowest BCUT2D eigenvalue weighted by molar-refractivity contribution is -0.141. The third-order valence-corrected chi connectivity index (χ3v) is 3.38. The fourth-order valence-corrected chi connectivity index (χ4v) is 2.30. The summed E-state index contributed by atoms with van der Waals surface area (Å²) in [4.78, 5) is 24.1. The minimum absolute atomic E-state index is 0.449. The zero-order valence-electron chi connectivity index (χ0n) is 10.9. The molecular formula is C12H22N2O4. The molecule has 18 heavy (non-hydrogen) atoms. The van der Waals surface area contributed by atoms with Gasteiger partial charge in [-0.05, 0) is 25.7 Å². The summed E-state index contributed by atoms with van der Waals surface area (Å²) in [6, 6.07) is -1.71. The fourth-order valence-electron chi connectivity index (χ4n) is 2.30. The largest absolute Gasteiger partial charge is 0.480 e. The Kier molecular flexibility index (Phi) is 5.40. The van der Waals surface area contributed by atoms with E-state index in [9.17, 15) is 14.7 Å². The van der Waals surface area contributed by atoms with Crippen LogP contribution in [0.4, 0.5) is 4.79 Å². The molecule has 0 aliphatic heterocycles. The molecule has 0 aromatic heterocycles. The molecule has 6 heteroatoms. The number of urea groups is 1. The van der Waals surface area contributed by atoms with Crippen LogP contribution in [0.1, 0.15) is 32.6 Å². The number of rotatable bonds is 5. The van der Waals surface area contributed by atoms with Crippen molar-refractivity contribution >= 4 is 12.0 Å². The second-order valence-corrected chi connectivity index (χ2v) is 5.04. The number of hydrogen-bond donors (Lipinski definition) is 3. The van der Waals surface area contributed by atoms with Crippen LogP contribution in [0, 0.1) is 5.92 Å². The molecule has 0 bridgehead atoms. The molecule has 0 unspecified atom stereocenters. The number of hydrogen-bond acceptors (Lipinski definition) is 3. The van der Waals surface area contributed by atoms with Crippen LogP contribution in [0.25, 0.3) is 0 Å². The van der Waals surface area contributed by atoms with Gasteiger partial charge in [0.2, 0.25) is 0 Å². The van der Waals surface area contributed by atoms with E-state index < -0.39 is 24.1 Å². The second-order valence-electron chi connectivity index (χ2n) is 5.04. The molecule has 0 heterocycles. The van der Waals surface area contributed by atoms with Gasteiger partial charge in [-0.1, -0.05) is 12.8 Å². The van der Waals surface area contributed by atoms with E-state index in [2.05, 4.69) is 5.32 Å². The highest BCUT2D eigenvalue weighted by Crippen LogP contribution is 2.25. The fraction of sp³-hybridized carbons (Fsp3) is 0.833. The van der Waals surface area contributed by atoms with Gasteiger partial charge in [0.05, 0.1) is 6.10 Å². The molecule has 0 aromatic carbocycles. The van der Waals surface area contributed by atoms with Gasteiger partial charge in [-0.15, -0.1) is 0 Å². The first-order valence-corrected chi connectivity index (χ1v) is 6.34. The molecule has 2 atom stereocenters. The van der Waals surface area contributed by atoms with Crippen LogP contribution in [0.2, 0.25) is 0 Å². The van der Waals surface area contributed by atoms with Crippen molar-refractivity contribution < 1.29 is 19.8 Å². The molecule has 0 saturated heterocycles. The Morgan fingerprint density at radius 3 is 2.39 bits per heavy atom. The highest BCUT2D eigenvalue weighted by molar-refractivity contribution is 5.82. The molecule has 6 nitrogen and oxygen atoms in total. The van der Waals surface area contributed by atoms with Crippen molar-refractivity contribution in [1.29, 1.82) is 0 Å². The summed E-state index contributed by atoms with van der Waals surface area (Å²) < 4.78 is 0. The van der Waals surface area contributed by atoms with E-state index in [1.54, 1.807) is 7.05 Å². The predicted octanol–water partition coefficient (Wildman–Crippen LogP) is 0.652. The second kappa shape index (κ2) is 6.58. The standard InChI is InChI=1S/C12H22N2O4/c1-8(15)10(11(16)17)13-12(18)14(2)7-9-5-3-4-6-9/h8-10,15H,3-7H2,1-2H3,(H,13,18)(H,16,17)/t8-,10+/m1/s1. The maximum atomic E-state index is 11.8. The first-order valence-electron chi connectivity index (χ1n) is 6.34. The highest BCUT2D eigenvalue weighted by atomic mass is 16.4. The van der Waals surface area contributed by atoms with Gasteiger partial charge >= 0.3 is 12.0 Å². The van der Waals surface area contributed by atoms with Gasteiger partial charge in [-0.25, -0.2) is 9.59 Å². The lowest BCUT2D eigenvalue weighted by atomic mass is 10.1.